The van der Waals surface area contributed by atoms with Crippen LogP contribution in [0.15, 0.2) is 29.3 Å². The van der Waals surface area contributed by atoms with E-state index in [-0.39, 0.29) is 0 Å². The van der Waals surface area contributed by atoms with Crippen molar-refractivity contribution in [2.75, 3.05) is 32.8 Å². The number of aliphatic imine (C=N–C) groups is 1. The number of likely N-dealkylation sites (tertiary alicyclic amines) is 1. The van der Waals surface area contributed by atoms with E-state index in [4.69, 9.17) is 9.73 Å². The highest BCUT2D eigenvalue weighted by molar-refractivity contribution is 5.79. The molecule has 5 heteroatoms. The minimum atomic E-state index is 0.325. The zero-order valence-electron chi connectivity index (χ0n) is 16.9. The molecule has 2 aliphatic rings. The van der Waals surface area contributed by atoms with E-state index in [9.17, 15) is 0 Å². The molecule has 5 nitrogen and oxygen atoms in total. The van der Waals surface area contributed by atoms with Gasteiger partial charge in [0.1, 0.15) is 0 Å². The van der Waals surface area contributed by atoms with Gasteiger partial charge in [0.25, 0.3) is 0 Å². The maximum absolute atomic E-state index is 5.69. The fourth-order valence-electron chi connectivity index (χ4n) is 3.91. The lowest BCUT2D eigenvalue weighted by molar-refractivity contribution is 0.114. The smallest absolute Gasteiger partial charge is 0.191 e. The zero-order chi connectivity index (χ0) is 18.7. The van der Waals surface area contributed by atoms with E-state index in [1.807, 2.05) is 0 Å². The Kier molecular flexibility index (Phi) is 8.43. The van der Waals surface area contributed by atoms with E-state index in [0.29, 0.717) is 12.6 Å². The van der Waals surface area contributed by atoms with Crippen molar-refractivity contribution in [3.8, 4) is 0 Å². The minimum absolute atomic E-state index is 0.325. The quantitative estimate of drug-likeness (QED) is 0.570. The number of guanidine groups is 1. The van der Waals surface area contributed by atoms with Crippen LogP contribution in [-0.4, -0.2) is 49.7 Å². The highest BCUT2D eigenvalue weighted by Gasteiger charge is 2.15. The summed E-state index contributed by atoms with van der Waals surface area (Å²) in [6, 6.07) is 8.92. The number of benzene rings is 1. The number of ether oxygens (including phenoxy) is 1. The molecule has 150 valence electrons. The highest BCUT2D eigenvalue weighted by Crippen LogP contribution is 2.15. The largest absolute Gasteiger partial charge is 0.376 e. The van der Waals surface area contributed by atoms with Crippen molar-refractivity contribution in [1.82, 2.24) is 15.5 Å². The topological polar surface area (TPSA) is 48.9 Å². The Morgan fingerprint density at radius 1 is 1.11 bits per heavy atom. The van der Waals surface area contributed by atoms with Gasteiger partial charge in [-0.05, 0) is 56.8 Å². The van der Waals surface area contributed by atoms with Crippen molar-refractivity contribution in [1.29, 1.82) is 0 Å². The molecule has 0 spiro atoms. The van der Waals surface area contributed by atoms with Gasteiger partial charge < -0.3 is 15.4 Å². The average Bonchev–Trinajstić information content (AvgIpc) is 3.08. The molecule has 2 aliphatic heterocycles. The van der Waals surface area contributed by atoms with Crippen LogP contribution in [0.4, 0.5) is 0 Å². The molecule has 3 rings (SSSR count). The molecule has 0 bridgehead atoms. The van der Waals surface area contributed by atoms with E-state index < -0.39 is 0 Å². The number of hydrogen-bond acceptors (Lipinski definition) is 3. The molecule has 0 amide bonds. The summed E-state index contributed by atoms with van der Waals surface area (Å²) in [7, 11) is 0. The molecule has 27 heavy (non-hydrogen) atoms. The molecule has 0 aliphatic carbocycles. The maximum Gasteiger partial charge on any atom is 0.191 e. The van der Waals surface area contributed by atoms with Crippen LogP contribution in [0.25, 0.3) is 0 Å². The van der Waals surface area contributed by atoms with Crippen LogP contribution < -0.4 is 10.6 Å². The molecule has 2 fully saturated rings. The first-order valence-corrected chi connectivity index (χ1v) is 10.8. The van der Waals surface area contributed by atoms with Crippen LogP contribution in [0.1, 0.15) is 56.6 Å². The van der Waals surface area contributed by atoms with E-state index in [0.717, 1.165) is 38.6 Å². The fourth-order valence-corrected chi connectivity index (χ4v) is 3.91. The fraction of sp³-hybridized carbons (Fsp3) is 0.682. The Bertz CT molecular complexity index is 575. The number of nitrogens with zero attached hydrogens (tertiary/aromatic N) is 2. The third-order valence-corrected chi connectivity index (χ3v) is 5.38. The van der Waals surface area contributed by atoms with Gasteiger partial charge in [-0.2, -0.15) is 0 Å². The summed E-state index contributed by atoms with van der Waals surface area (Å²) in [5.41, 5.74) is 2.68. The van der Waals surface area contributed by atoms with Gasteiger partial charge in [-0.3, -0.25) is 4.90 Å². The van der Waals surface area contributed by atoms with Gasteiger partial charge in [0.2, 0.25) is 0 Å². The van der Waals surface area contributed by atoms with Gasteiger partial charge in [-0.1, -0.05) is 37.1 Å². The third kappa shape index (κ3) is 7.15. The number of rotatable bonds is 7. The van der Waals surface area contributed by atoms with Gasteiger partial charge in [0.15, 0.2) is 5.96 Å². The summed E-state index contributed by atoms with van der Waals surface area (Å²) >= 11 is 0. The molecule has 0 radical (unpaired) electrons. The molecule has 0 aromatic heterocycles. The summed E-state index contributed by atoms with van der Waals surface area (Å²) in [5, 5.41) is 6.76. The van der Waals surface area contributed by atoms with Crippen molar-refractivity contribution in [2.45, 2.75) is 64.6 Å². The summed E-state index contributed by atoms with van der Waals surface area (Å²) in [6.07, 6.45) is 8.09. The molecule has 0 saturated carbocycles. The molecule has 2 saturated heterocycles. The Hall–Kier alpha value is -1.59. The number of hydrogen-bond donors (Lipinski definition) is 2. The summed E-state index contributed by atoms with van der Waals surface area (Å²) in [4.78, 5) is 7.37. The van der Waals surface area contributed by atoms with E-state index in [1.165, 1.54) is 56.3 Å². The first-order valence-electron chi connectivity index (χ1n) is 10.8. The standard InChI is InChI=1S/C22H36N4O/c1-2-23-22(25-17-21-11-8-14-27-21)24-16-19-9-7-10-20(15-19)18-26-12-5-3-4-6-13-26/h7,9-10,15,21H,2-6,8,11-14,16-18H2,1H3,(H2,23,24,25). The summed E-state index contributed by atoms with van der Waals surface area (Å²) in [5.74, 6) is 0.880. The number of nitrogens with one attached hydrogen (secondary N) is 2. The molecule has 1 aromatic carbocycles. The van der Waals surface area contributed by atoms with Crippen LogP contribution >= 0.6 is 0 Å². The third-order valence-electron chi connectivity index (χ3n) is 5.38. The Morgan fingerprint density at radius 2 is 1.93 bits per heavy atom. The summed E-state index contributed by atoms with van der Waals surface area (Å²) < 4.78 is 5.69. The van der Waals surface area contributed by atoms with E-state index >= 15 is 0 Å². The Morgan fingerprint density at radius 3 is 2.67 bits per heavy atom. The lowest BCUT2D eigenvalue weighted by Crippen LogP contribution is -2.41. The molecule has 1 aromatic rings. The van der Waals surface area contributed by atoms with Crippen molar-refractivity contribution in [2.24, 2.45) is 4.99 Å². The Labute approximate surface area is 164 Å². The highest BCUT2D eigenvalue weighted by atomic mass is 16.5. The SMILES string of the molecule is CCNC(=NCc1cccc(CN2CCCCCC2)c1)NCC1CCCO1. The second kappa shape index (κ2) is 11.3. The zero-order valence-corrected chi connectivity index (χ0v) is 16.9. The lowest BCUT2D eigenvalue weighted by atomic mass is 10.1. The van der Waals surface area contributed by atoms with E-state index in [1.54, 1.807) is 0 Å². The molecular formula is C22H36N4O. The second-order valence-electron chi connectivity index (χ2n) is 7.72. The molecule has 2 heterocycles. The van der Waals surface area contributed by atoms with Crippen molar-refractivity contribution < 1.29 is 4.74 Å². The Balaban J connectivity index is 1.53. The van der Waals surface area contributed by atoms with Crippen LogP contribution in [0.5, 0.6) is 0 Å². The van der Waals surface area contributed by atoms with Crippen LogP contribution in [0.2, 0.25) is 0 Å². The van der Waals surface area contributed by atoms with Gasteiger partial charge in [-0.15, -0.1) is 0 Å². The molecular weight excluding hydrogens is 336 g/mol. The van der Waals surface area contributed by atoms with Crippen LogP contribution in [0, 0.1) is 0 Å². The van der Waals surface area contributed by atoms with Crippen molar-refractivity contribution in [3.05, 3.63) is 35.4 Å². The monoisotopic (exact) mass is 372 g/mol. The van der Waals surface area contributed by atoms with Crippen LogP contribution in [0.3, 0.4) is 0 Å². The predicted octanol–water partition coefficient (Wildman–Crippen LogP) is 3.30. The molecule has 1 atom stereocenters. The van der Waals surface area contributed by atoms with E-state index in [2.05, 4.69) is 46.7 Å². The first kappa shape index (κ1) is 20.2. The van der Waals surface area contributed by atoms with Gasteiger partial charge >= 0.3 is 0 Å². The average molecular weight is 373 g/mol. The normalized spacial score (nSPS) is 21.8. The van der Waals surface area contributed by atoms with Gasteiger partial charge in [0.05, 0.1) is 12.6 Å². The molecule has 2 N–H and O–H groups in total. The predicted molar refractivity (Wildman–Crippen MR) is 112 cm³/mol. The second-order valence-corrected chi connectivity index (χ2v) is 7.72. The lowest BCUT2D eigenvalue weighted by Gasteiger charge is -2.20. The summed E-state index contributed by atoms with van der Waals surface area (Å²) in [6.45, 7) is 8.94. The maximum atomic E-state index is 5.69. The van der Waals surface area contributed by atoms with Crippen LogP contribution in [-0.2, 0) is 17.8 Å². The van der Waals surface area contributed by atoms with Crippen molar-refractivity contribution in [3.63, 3.8) is 0 Å². The van der Waals surface area contributed by atoms with Crippen molar-refractivity contribution >= 4 is 5.96 Å². The molecule has 1 unspecified atom stereocenters. The minimum Gasteiger partial charge on any atom is -0.376 e. The first-order chi connectivity index (χ1) is 13.3. The van der Waals surface area contributed by atoms with Gasteiger partial charge in [0, 0.05) is 26.2 Å². The van der Waals surface area contributed by atoms with Gasteiger partial charge in [-0.25, -0.2) is 4.99 Å².